The molecule has 2 N–H and O–H groups in total. The summed E-state index contributed by atoms with van der Waals surface area (Å²) in [7, 11) is 0. The zero-order chi connectivity index (χ0) is 19.5. The Bertz CT molecular complexity index is 999. The quantitative estimate of drug-likeness (QED) is 0.601. The van der Waals surface area contributed by atoms with Crippen LogP contribution < -0.4 is 11.1 Å². The number of aryl methyl sites for hydroxylation is 1. The molecule has 0 aliphatic heterocycles. The highest BCUT2D eigenvalue weighted by Gasteiger charge is 2.22. The Kier molecular flexibility index (Phi) is 5.62. The third kappa shape index (κ3) is 4.20. The molecule has 148 valence electrons. The van der Waals surface area contributed by atoms with E-state index in [1.54, 1.807) is 6.07 Å². The molecule has 1 aliphatic rings. The van der Waals surface area contributed by atoms with Crippen molar-refractivity contribution in [2.24, 2.45) is 0 Å². The molecule has 0 bridgehead atoms. The fourth-order valence-corrected chi connectivity index (χ4v) is 4.35. The number of H-pyrrole nitrogens is 1. The lowest BCUT2D eigenvalue weighted by atomic mass is 9.81. The van der Waals surface area contributed by atoms with Gasteiger partial charge in [-0.25, -0.2) is 9.18 Å². The number of halogens is 1. The zero-order valence-electron chi connectivity index (χ0n) is 16.3. The van der Waals surface area contributed by atoms with E-state index in [0.717, 1.165) is 61.7 Å². The first-order valence-electron chi connectivity index (χ1n) is 10.2. The van der Waals surface area contributed by atoms with Gasteiger partial charge in [-0.3, -0.25) is 4.98 Å². The second-order valence-corrected chi connectivity index (χ2v) is 7.90. The Labute approximate surface area is 164 Å². The van der Waals surface area contributed by atoms with E-state index >= 15 is 0 Å². The van der Waals surface area contributed by atoms with E-state index in [2.05, 4.69) is 16.4 Å². The van der Waals surface area contributed by atoms with Gasteiger partial charge in [0.15, 0.2) is 5.58 Å². The molecule has 1 fully saturated rings. The Morgan fingerprint density at radius 2 is 2.00 bits per heavy atom. The summed E-state index contributed by atoms with van der Waals surface area (Å²) in [5.74, 6) is 0.0203. The Morgan fingerprint density at radius 3 is 2.82 bits per heavy atom. The van der Waals surface area contributed by atoms with Crippen LogP contribution in [-0.4, -0.2) is 17.6 Å². The van der Waals surface area contributed by atoms with Gasteiger partial charge in [0.05, 0.1) is 5.52 Å². The van der Waals surface area contributed by atoms with Crippen LogP contribution in [0.15, 0.2) is 45.6 Å². The van der Waals surface area contributed by atoms with Crippen molar-refractivity contribution in [1.29, 1.82) is 0 Å². The van der Waals surface area contributed by atoms with Gasteiger partial charge < -0.3 is 9.73 Å². The van der Waals surface area contributed by atoms with Crippen molar-refractivity contribution >= 4 is 11.1 Å². The number of aromatic amines is 1. The average Bonchev–Trinajstić information content (AvgIpc) is 3.08. The highest BCUT2D eigenvalue weighted by Crippen LogP contribution is 2.34. The summed E-state index contributed by atoms with van der Waals surface area (Å²) in [6, 6.07) is 11.9. The maximum Gasteiger partial charge on any atom is 0.417 e. The van der Waals surface area contributed by atoms with Gasteiger partial charge in [0.25, 0.3) is 0 Å². The van der Waals surface area contributed by atoms with Crippen LogP contribution in [0.1, 0.15) is 54.7 Å². The van der Waals surface area contributed by atoms with Gasteiger partial charge >= 0.3 is 5.76 Å². The molecule has 0 saturated heterocycles. The lowest BCUT2D eigenvalue weighted by Gasteiger charge is -2.29. The number of hydrogen-bond donors (Lipinski definition) is 2. The lowest BCUT2D eigenvalue weighted by molar-refractivity contribution is 0.342. The smallest absolute Gasteiger partial charge is 0.408 e. The molecule has 28 heavy (non-hydrogen) atoms. The highest BCUT2D eigenvalue weighted by molar-refractivity contribution is 5.72. The van der Waals surface area contributed by atoms with Crippen LogP contribution in [0.25, 0.3) is 11.1 Å². The van der Waals surface area contributed by atoms with E-state index in [9.17, 15) is 9.18 Å². The molecule has 0 atom stereocenters. The topological polar surface area (TPSA) is 58.0 Å². The molecule has 1 aliphatic carbocycles. The maximum absolute atomic E-state index is 13.6. The number of hydrogen-bond acceptors (Lipinski definition) is 3. The maximum atomic E-state index is 13.6. The van der Waals surface area contributed by atoms with E-state index in [0.29, 0.717) is 17.5 Å². The lowest BCUT2D eigenvalue weighted by Crippen LogP contribution is -2.33. The van der Waals surface area contributed by atoms with Crippen molar-refractivity contribution in [3.8, 4) is 0 Å². The molecule has 1 heterocycles. The van der Waals surface area contributed by atoms with E-state index in [1.807, 2.05) is 25.1 Å². The predicted octanol–water partition coefficient (Wildman–Crippen LogP) is 4.82. The van der Waals surface area contributed by atoms with Crippen LogP contribution in [0.5, 0.6) is 0 Å². The molecule has 4 nitrogen and oxygen atoms in total. The largest absolute Gasteiger partial charge is 0.417 e. The van der Waals surface area contributed by atoms with Gasteiger partial charge in [-0.1, -0.05) is 18.2 Å². The van der Waals surface area contributed by atoms with Gasteiger partial charge in [0, 0.05) is 6.04 Å². The molecule has 3 aromatic rings. The highest BCUT2D eigenvalue weighted by atomic mass is 19.1. The minimum atomic E-state index is -0.395. The Hall–Kier alpha value is -2.40. The monoisotopic (exact) mass is 382 g/mol. The molecule has 1 saturated carbocycles. The second-order valence-electron chi connectivity index (χ2n) is 7.90. The fourth-order valence-electron chi connectivity index (χ4n) is 4.35. The average molecular weight is 382 g/mol. The molecule has 0 spiro atoms. The van der Waals surface area contributed by atoms with E-state index < -0.39 is 5.76 Å². The number of rotatable bonds is 6. The molecule has 1 aromatic heterocycles. The third-order valence-electron chi connectivity index (χ3n) is 6.08. The Balaban J connectivity index is 1.23. The van der Waals surface area contributed by atoms with Crippen molar-refractivity contribution in [1.82, 2.24) is 10.3 Å². The van der Waals surface area contributed by atoms with Crippen molar-refractivity contribution in [2.75, 3.05) is 6.54 Å². The van der Waals surface area contributed by atoms with E-state index in [4.69, 9.17) is 4.42 Å². The van der Waals surface area contributed by atoms with Gasteiger partial charge in [0.1, 0.15) is 5.82 Å². The van der Waals surface area contributed by atoms with Gasteiger partial charge in [0.2, 0.25) is 0 Å². The molecule has 2 aromatic carbocycles. The van der Waals surface area contributed by atoms with Crippen molar-refractivity contribution in [3.63, 3.8) is 0 Å². The van der Waals surface area contributed by atoms with Crippen LogP contribution in [-0.2, 0) is 6.42 Å². The third-order valence-corrected chi connectivity index (χ3v) is 6.08. The fraction of sp³-hybridized carbons (Fsp3) is 0.435. The van der Waals surface area contributed by atoms with Gasteiger partial charge in [-0.05, 0) is 92.8 Å². The van der Waals surface area contributed by atoms with Crippen LogP contribution in [0.4, 0.5) is 4.39 Å². The zero-order valence-corrected chi connectivity index (χ0v) is 16.3. The minimum absolute atomic E-state index is 0.110. The van der Waals surface area contributed by atoms with Crippen LogP contribution in [0.3, 0.4) is 0 Å². The van der Waals surface area contributed by atoms with Gasteiger partial charge in [-0.2, -0.15) is 0 Å². The van der Waals surface area contributed by atoms with Crippen LogP contribution >= 0.6 is 0 Å². The molecular weight excluding hydrogens is 355 g/mol. The molecule has 5 heteroatoms. The number of fused-ring (bicyclic) bond motifs is 1. The molecule has 0 amide bonds. The molecule has 0 radical (unpaired) electrons. The number of aromatic nitrogens is 1. The molecular formula is C23H27FN2O2. The summed E-state index contributed by atoms with van der Waals surface area (Å²) in [6.07, 6.45) is 6.51. The van der Waals surface area contributed by atoms with Crippen molar-refractivity contribution in [3.05, 3.63) is 69.5 Å². The van der Waals surface area contributed by atoms with Crippen molar-refractivity contribution < 1.29 is 8.81 Å². The summed E-state index contributed by atoms with van der Waals surface area (Å²) in [5.41, 5.74) is 4.55. The standard InChI is InChI=1S/C23H27FN2O2/c1-15-16(4-2-6-20(15)24)5-3-13-25-19-10-7-17(8-11-19)18-9-12-21-22(14-18)28-23(27)26-21/h2,4,6,9,12,14,17,19,25H,3,5,7-8,10-11,13H2,1H3,(H,26,27)/t17-,19-. The summed E-state index contributed by atoms with van der Waals surface area (Å²) < 4.78 is 18.8. The van der Waals surface area contributed by atoms with Crippen molar-refractivity contribution in [2.45, 2.75) is 57.4 Å². The first-order valence-corrected chi connectivity index (χ1v) is 10.2. The number of oxazole rings is 1. The minimum Gasteiger partial charge on any atom is -0.408 e. The van der Waals surface area contributed by atoms with E-state index in [1.165, 1.54) is 11.6 Å². The van der Waals surface area contributed by atoms with E-state index in [-0.39, 0.29) is 5.82 Å². The first kappa shape index (κ1) is 18.9. The van der Waals surface area contributed by atoms with Gasteiger partial charge in [-0.15, -0.1) is 0 Å². The Morgan fingerprint density at radius 1 is 1.18 bits per heavy atom. The summed E-state index contributed by atoms with van der Waals surface area (Å²) in [4.78, 5) is 14.0. The SMILES string of the molecule is Cc1c(F)cccc1CCCN[C@H]1CC[C@H](c2ccc3[nH]c(=O)oc3c2)CC1. The molecule has 4 rings (SSSR count). The second kappa shape index (κ2) is 8.31. The summed E-state index contributed by atoms with van der Waals surface area (Å²) in [6.45, 7) is 2.82. The van der Waals surface area contributed by atoms with Crippen LogP contribution in [0.2, 0.25) is 0 Å². The number of nitrogens with one attached hydrogen (secondary N) is 2. The first-order chi connectivity index (χ1) is 13.6. The summed E-state index contributed by atoms with van der Waals surface area (Å²) >= 11 is 0. The molecule has 0 unspecified atom stereocenters. The predicted molar refractivity (Wildman–Crippen MR) is 109 cm³/mol. The van der Waals surface area contributed by atoms with Crippen LogP contribution in [0, 0.1) is 12.7 Å². The number of benzene rings is 2. The summed E-state index contributed by atoms with van der Waals surface area (Å²) in [5, 5.41) is 3.67. The normalized spacial score (nSPS) is 19.9.